The summed E-state index contributed by atoms with van der Waals surface area (Å²) in [7, 11) is 0. The molecule has 3 aliphatic rings. The molecule has 0 bridgehead atoms. The SMILES string of the molecule is O=C(CN1CCC(C(=O)Nc2ccccc2)CC1)NCC1(N2CCCCC2)CCCCC1. The molecule has 2 aliphatic heterocycles. The van der Waals surface area contributed by atoms with Gasteiger partial charge in [0.15, 0.2) is 0 Å². The van der Waals surface area contributed by atoms with Gasteiger partial charge in [-0.05, 0) is 76.8 Å². The van der Waals surface area contributed by atoms with Crippen LogP contribution < -0.4 is 10.6 Å². The quantitative estimate of drug-likeness (QED) is 0.679. The zero-order valence-corrected chi connectivity index (χ0v) is 19.5. The van der Waals surface area contributed by atoms with Gasteiger partial charge in [0.1, 0.15) is 0 Å². The molecular formula is C26H40N4O2. The summed E-state index contributed by atoms with van der Waals surface area (Å²) in [5.74, 6) is 0.263. The minimum atomic E-state index is 0.0270. The fourth-order valence-corrected chi connectivity index (χ4v) is 5.82. The molecule has 2 amide bonds. The summed E-state index contributed by atoms with van der Waals surface area (Å²) < 4.78 is 0. The summed E-state index contributed by atoms with van der Waals surface area (Å²) in [6.07, 6.45) is 11.9. The van der Waals surface area contributed by atoms with E-state index in [0.717, 1.165) is 38.2 Å². The molecule has 1 aliphatic carbocycles. The monoisotopic (exact) mass is 440 g/mol. The molecule has 1 saturated carbocycles. The van der Waals surface area contributed by atoms with E-state index in [0.29, 0.717) is 6.54 Å². The third kappa shape index (κ3) is 6.10. The first-order valence-corrected chi connectivity index (χ1v) is 12.7. The molecule has 0 atom stereocenters. The number of benzene rings is 1. The number of amides is 2. The highest BCUT2D eigenvalue weighted by Crippen LogP contribution is 2.35. The molecule has 0 aromatic heterocycles. The van der Waals surface area contributed by atoms with E-state index in [9.17, 15) is 9.59 Å². The van der Waals surface area contributed by atoms with Crippen LogP contribution in [0.15, 0.2) is 30.3 Å². The number of likely N-dealkylation sites (tertiary alicyclic amines) is 2. The van der Waals surface area contributed by atoms with E-state index in [1.807, 2.05) is 30.3 Å². The molecule has 176 valence electrons. The summed E-state index contributed by atoms with van der Waals surface area (Å²) in [5.41, 5.74) is 1.03. The number of para-hydroxylation sites is 1. The van der Waals surface area contributed by atoms with Crippen molar-refractivity contribution in [1.29, 1.82) is 0 Å². The van der Waals surface area contributed by atoms with Gasteiger partial charge in [-0.25, -0.2) is 0 Å². The van der Waals surface area contributed by atoms with E-state index in [2.05, 4.69) is 20.4 Å². The predicted molar refractivity (Wildman–Crippen MR) is 128 cm³/mol. The van der Waals surface area contributed by atoms with Crippen molar-refractivity contribution < 1.29 is 9.59 Å². The van der Waals surface area contributed by atoms with Gasteiger partial charge in [0, 0.05) is 23.7 Å². The lowest BCUT2D eigenvalue weighted by Gasteiger charge is -2.48. The van der Waals surface area contributed by atoms with Crippen molar-refractivity contribution in [3.8, 4) is 0 Å². The number of nitrogens with one attached hydrogen (secondary N) is 2. The number of rotatable bonds is 7. The molecule has 0 spiro atoms. The van der Waals surface area contributed by atoms with E-state index in [1.54, 1.807) is 0 Å². The van der Waals surface area contributed by atoms with Crippen molar-refractivity contribution in [2.75, 3.05) is 44.6 Å². The van der Waals surface area contributed by atoms with Crippen molar-refractivity contribution in [2.24, 2.45) is 5.92 Å². The average Bonchev–Trinajstić information content (AvgIpc) is 2.85. The van der Waals surface area contributed by atoms with E-state index >= 15 is 0 Å². The standard InChI is InChI=1S/C26H40N4O2/c31-24(27-21-26(14-6-2-7-15-26)30-16-8-3-9-17-30)20-29-18-12-22(13-19-29)25(32)28-23-10-4-1-5-11-23/h1,4-5,10-11,22H,2-3,6-9,12-21H2,(H,27,31)(H,28,32). The highest BCUT2D eigenvalue weighted by atomic mass is 16.2. The van der Waals surface area contributed by atoms with Crippen LogP contribution in [-0.2, 0) is 9.59 Å². The van der Waals surface area contributed by atoms with Crippen LogP contribution in [0, 0.1) is 5.92 Å². The lowest BCUT2D eigenvalue weighted by Crippen LogP contribution is -2.58. The normalized spacial score (nSPS) is 22.9. The number of piperidine rings is 2. The topological polar surface area (TPSA) is 64.7 Å². The predicted octanol–water partition coefficient (Wildman–Crippen LogP) is 3.64. The first-order chi connectivity index (χ1) is 15.6. The highest BCUT2D eigenvalue weighted by Gasteiger charge is 2.38. The van der Waals surface area contributed by atoms with Crippen molar-refractivity contribution in [3.63, 3.8) is 0 Å². The van der Waals surface area contributed by atoms with E-state index in [1.165, 1.54) is 64.5 Å². The van der Waals surface area contributed by atoms with Gasteiger partial charge < -0.3 is 10.6 Å². The Labute approximate surface area is 193 Å². The van der Waals surface area contributed by atoms with Crippen LogP contribution in [0.1, 0.15) is 64.2 Å². The number of nitrogens with zero attached hydrogens (tertiary/aromatic N) is 2. The number of anilines is 1. The molecule has 0 radical (unpaired) electrons. The van der Waals surface area contributed by atoms with Gasteiger partial charge >= 0.3 is 0 Å². The van der Waals surface area contributed by atoms with Gasteiger partial charge in [-0.2, -0.15) is 0 Å². The summed E-state index contributed by atoms with van der Waals surface area (Å²) in [6.45, 7) is 5.23. The van der Waals surface area contributed by atoms with Crippen LogP contribution in [0.3, 0.4) is 0 Å². The maximum Gasteiger partial charge on any atom is 0.234 e. The molecular weight excluding hydrogens is 400 g/mol. The molecule has 2 N–H and O–H groups in total. The second-order valence-electron chi connectivity index (χ2n) is 10.0. The Kier molecular flexibility index (Phi) is 8.20. The summed E-state index contributed by atoms with van der Waals surface area (Å²) in [4.78, 5) is 30.2. The lowest BCUT2D eigenvalue weighted by molar-refractivity contribution is -0.124. The molecule has 6 nitrogen and oxygen atoms in total. The fourth-order valence-electron chi connectivity index (χ4n) is 5.82. The second-order valence-corrected chi connectivity index (χ2v) is 10.0. The fraction of sp³-hybridized carbons (Fsp3) is 0.692. The molecule has 0 unspecified atom stereocenters. The van der Waals surface area contributed by atoms with Crippen LogP contribution in [0.2, 0.25) is 0 Å². The third-order valence-corrected chi connectivity index (χ3v) is 7.79. The zero-order valence-electron chi connectivity index (χ0n) is 19.5. The molecule has 1 aromatic rings. The summed E-state index contributed by atoms with van der Waals surface area (Å²) >= 11 is 0. The average molecular weight is 441 g/mol. The Morgan fingerprint density at radius 3 is 2.22 bits per heavy atom. The molecule has 1 aromatic carbocycles. The Bertz CT molecular complexity index is 733. The minimum absolute atomic E-state index is 0.0270. The van der Waals surface area contributed by atoms with Crippen LogP contribution in [0.25, 0.3) is 0 Å². The van der Waals surface area contributed by atoms with Crippen LogP contribution >= 0.6 is 0 Å². The van der Waals surface area contributed by atoms with Crippen molar-refractivity contribution in [2.45, 2.75) is 69.7 Å². The Morgan fingerprint density at radius 2 is 1.53 bits per heavy atom. The van der Waals surface area contributed by atoms with Crippen molar-refractivity contribution >= 4 is 17.5 Å². The molecule has 6 heteroatoms. The Morgan fingerprint density at radius 1 is 0.875 bits per heavy atom. The highest BCUT2D eigenvalue weighted by molar-refractivity contribution is 5.92. The number of carbonyl (C=O) groups excluding carboxylic acids is 2. The number of hydrogen-bond acceptors (Lipinski definition) is 4. The molecule has 32 heavy (non-hydrogen) atoms. The van der Waals surface area contributed by atoms with E-state index < -0.39 is 0 Å². The molecule has 3 fully saturated rings. The first kappa shape index (κ1) is 23.2. The van der Waals surface area contributed by atoms with Gasteiger partial charge in [-0.3, -0.25) is 19.4 Å². The Balaban J connectivity index is 1.21. The van der Waals surface area contributed by atoms with Crippen LogP contribution in [-0.4, -0.2) is 66.4 Å². The van der Waals surface area contributed by atoms with Crippen molar-refractivity contribution in [3.05, 3.63) is 30.3 Å². The van der Waals surface area contributed by atoms with Gasteiger partial charge in [0.2, 0.25) is 11.8 Å². The maximum absolute atomic E-state index is 12.8. The smallest absolute Gasteiger partial charge is 0.234 e. The van der Waals surface area contributed by atoms with Gasteiger partial charge in [0.05, 0.1) is 6.54 Å². The Hall–Kier alpha value is -1.92. The number of carbonyl (C=O) groups is 2. The summed E-state index contributed by atoms with van der Waals surface area (Å²) in [5, 5.41) is 6.32. The second kappa shape index (κ2) is 11.3. The van der Waals surface area contributed by atoms with Gasteiger partial charge in [-0.1, -0.05) is 43.9 Å². The van der Waals surface area contributed by atoms with Crippen LogP contribution in [0.4, 0.5) is 5.69 Å². The lowest BCUT2D eigenvalue weighted by atomic mass is 9.79. The van der Waals surface area contributed by atoms with Gasteiger partial charge in [-0.15, -0.1) is 0 Å². The largest absolute Gasteiger partial charge is 0.353 e. The molecule has 4 rings (SSSR count). The van der Waals surface area contributed by atoms with E-state index in [-0.39, 0.29) is 23.3 Å². The maximum atomic E-state index is 12.8. The molecule has 2 heterocycles. The minimum Gasteiger partial charge on any atom is -0.353 e. The first-order valence-electron chi connectivity index (χ1n) is 12.7. The van der Waals surface area contributed by atoms with Gasteiger partial charge in [0.25, 0.3) is 0 Å². The van der Waals surface area contributed by atoms with E-state index in [4.69, 9.17) is 0 Å². The van der Waals surface area contributed by atoms with Crippen molar-refractivity contribution in [1.82, 2.24) is 15.1 Å². The third-order valence-electron chi connectivity index (χ3n) is 7.79. The summed E-state index contributed by atoms with van der Waals surface area (Å²) in [6, 6.07) is 9.64. The molecule has 2 saturated heterocycles. The zero-order chi connectivity index (χ0) is 22.2. The number of hydrogen-bond donors (Lipinski definition) is 2. The van der Waals surface area contributed by atoms with Crippen LogP contribution in [0.5, 0.6) is 0 Å².